The number of aromatic nitrogens is 1. The molecule has 5 heteroatoms. The summed E-state index contributed by atoms with van der Waals surface area (Å²) in [6, 6.07) is 11.4. The van der Waals surface area contributed by atoms with Gasteiger partial charge in [-0.25, -0.2) is 0 Å². The smallest absolute Gasteiger partial charge is 0.251 e. The first-order valence-corrected chi connectivity index (χ1v) is 7.09. The van der Waals surface area contributed by atoms with Gasteiger partial charge in [0.1, 0.15) is 5.75 Å². The van der Waals surface area contributed by atoms with Gasteiger partial charge in [-0.3, -0.25) is 9.78 Å². The standard InChI is InChI=1S/C17H20N2O2.ClH/c1-13(2)21-16-5-3-14(4-6-16)7-12-19-17(20)15-8-10-18-11-9-15;/h3-6,8-11,13H,7,12H2,1-2H3,(H,19,20);1H. The Bertz CT molecular complexity index is 571. The molecule has 2 rings (SSSR count). The highest BCUT2D eigenvalue weighted by atomic mass is 35.5. The molecule has 0 radical (unpaired) electrons. The fourth-order valence-electron chi connectivity index (χ4n) is 1.93. The van der Waals surface area contributed by atoms with Crippen LogP contribution in [0.25, 0.3) is 0 Å². The van der Waals surface area contributed by atoms with Crippen LogP contribution in [0.1, 0.15) is 29.8 Å². The van der Waals surface area contributed by atoms with Gasteiger partial charge in [0.2, 0.25) is 0 Å². The summed E-state index contributed by atoms with van der Waals surface area (Å²) in [6.07, 6.45) is 4.19. The third-order valence-corrected chi connectivity index (χ3v) is 2.94. The Morgan fingerprint density at radius 2 is 1.77 bits per heavy atom. The van der Waals surface area contributed by atoms with E-state index in [4.69, 9.17) is 4.74 Å². The molecule has 0 saturated carbocycles. The Hall–Kier alpha value is -2.07. The lowest BCUT2D eigenvalue weighted by Crippen LogP contribution is -2.25. The molecular formula is C17H21ClN2O2. The van der Waals surface area contributed by atoms with Crippen molar-refractivity contribution in [2.45, 2.75) is 26.4 Å². The van der Waals surface area contributed by atoms with E-state index in [9.17, 15) is 4.79 Å². The van der Waals surface area contributed by atoms with Crippen molar-refractivity contribution in [1.29, 1.82) is 0 Å². The summed E-state index contributed by atoms with van der Waals surface area (Å²) in [4.78, 5) is 15.7. The number of amides is 1. The molecule has 118 valence electrons. The predicted octanol–water partition coefficient (Wildman–Crippen LogP) is 3.26. The van der Waals surface area contributed by atoms with Gasteiger partial charge in [0, 0.05) is 24.5 Å². The number of hydrogen-bond donors (Lipinski definition) is 1. The summed E-state index contributed by atoms with van der Waals surface area (Å²) >= 11 is 0. The van der Waals surface area contributed by atoms with Crippen LogP contribution < -0.4 is 10.1 Å². The van der Waals surface area contributed by atoms with E-state index in [-0.39, 0.29) is 24.4 Å². The Labute approximate surface area is 137 Å². The summed E-state index contributed by atoms with van der Waals surface area (Å²) in [6.45, 7) is 4.61. The lowest BCUT2D eigenvalue weighted by Gasteiger charge is -2.10. The van der Waals surface area contributed by atoms with Crippen molar-refractivity contribution in [3.05, 3.63) is 59.9 Å². The molecule has 0 saturated heterocycles. The normalized spacial score (nSPS) is 9.95. The van der Waals surface area contributed by atoms with Gasteiger partial charge in [-0.05, 0) is 50.1 Å². The average Bonchev–Trinajstić information content (AvgIpc) is 2.49. The Balaban J connectivity index is 0.00000242. The molecule has 0 fully saturated rings. The van der Waals surface area contributed by atoms with Crippen molar-refractivity contribution in [1.82, 2.24) is 10.3 Å². The fraction of sp³-hybridized carbons (Fsp3) is 0.294. The first-order chi connectivity index (χ1) is 10.1. The molecule has 22 heavy (non-hydrogen) atoms. The van der Waals surface area contributed by atoms with Gasteiger partial charge < -0.3 is 10.1 Å². The molecular weight excluding hydrogens is 300 g/mol. The van der Waals surface area contributed by atoms with Crippen molar-refractivity contribution in [2.75, 3.05) is 6.54 Å². The Morgan fingerprint density at radius 3 is 2.36 bits per heavy atom. The quantitative estimate of drug-likeness (QED) is 0.888. The van der Waals surface area contributed by atoms with Gasteiger partial charge in [-0.2, -0.15) is 0 Å². The minimum Gasteiger partial charge on any atom is -0.491 e. The van der Waals surface area contributed by atoms with Crippen LogP contribution in [-0.2, 0) is 6.42 Å². The van der Waals surface area contributed by atoms with Crippen molar-refractivity contribution >= 4 is 18.3 Å². The fourth-order valence-corrected chi connectivity index (χ4v) is 1.93. The van der Waals surface area contributed by atoms with Gasteiger partial charge >= 0.3 is 0 Å². The number of benzene rings is 1. The van der Waals surface area contributed by atoms with E-state index in [0.29, 0.717) is 12.1 Å². The number of nitrogens with zero attached hydrogens (tertiary/aromatic N) is 1. The van der Waals surface area contributed by atoms with Crippen molar-refractivity contribution in [3.63, 3.8) is 0 Å². The lowest BCUT2D eigenvalue weighted by atomic mass is 10.1. The minimum absolute atomic E-state index is 0. The number of carbonyl (C=O) groups is 1. The zero-order valence-corrected chi connectivity index (χ0v) is 13.6. The van der Waals surface area contributed by atoms with Crippen molar-refractivity contribution < 1.29 is 9.53 Å². The molecule has 0 aliphatic rings. The largest absolute Gasteiger partial charge is 0.491 e. The molecule has 1 N–H and O–H groups in total. The summed E-state index contributed by atoms with van der Waals surface area (Å²) in [7, 11) is 0. The Morgan fingerprint density at radius 1 is 1.14 bits per heavy atom. The van der Waals surface area contributed by atoms with Gasteiger partial charge in [0.05, 0.1) is 6.10 Å². The molecule has 1 aromatic heterocycles. The molecule has 0 aliphatic heterocycles. The number of rotatable bonds is 6. The van der Waals surface area contributed by atoms with Gasteiger partial charge in [-0.15, -0.1) is 12.4 Å². The molecule has 1 heterocycles. The monoisotopic (exact) mass is 320 g/mol. The van der Waals surface area contributed by atoms with Crippen LogP contribution in [0.4, 0.5) is 0 Å². The molecule has 0 spiro atoms. The average molecular weight is 321 g/mol. The van der Waals surface area contributed by atoms with Crippen LogP contribution in [0, 0.1) is 0 Å². The van der Waals surface area contributed by atoms with E-state index in [0.717, 1.165) is 12.2 Å². The number of halogens is 1. The van der Waals surface area contributed by atoms with E-state index in [1.54, 1.807) is 24.5 Å². The zero-order chi connectivity index (χ0) is 15.1. The third kappa shape index (κ3) is 5.74. The zero-order valence-electron chi connectivity index (χ0n) is 12.8. The van der Waals surface area contributed by atoms with E-state index in [1.165, 1.54) is 5.56 Å². The van der Waals surface area contributed by atoms with Crippen LogP contribution >= 0.6 is 12.4 Å². The number of hydrogen-bond acceptors (Lipinski definition) is 3. The first kappa shape index (κ1) is 18.0. The number of ether oxygens (including phenoxy) is 1. The molecule has 4 nitrogen and oxygen atoms in total. The van der Waals surface area contributed by atoms with Gasteiger partial charge in [0.15, 0.2) is 0 Å². The molecule has 0 aliphatic carbocycles. The lowest BCUT2D eigenvalue weighted by molar-refractivity contribution is 0.0954. The minimum atomic E-state index is -0.0721. The van der Waals surface area contributed by atoms with E-state index in [2.05, 4.69) is 10.3 Å². The highest BCUT2D eigenvalue weighted by molar-refractivity contribution is 5.93. The second-order valence-corrected chi connectivity index (χ2v) is 5.05. The highest BCUT2D eigenvalue weighted by Gasteiger charge is 2.04. The molecule has 0 bridgehead atoms. The summed E-state index contributed by atoms with van der Waals surface area (Å²) in [5.74, 6) is 0.798. The van der Waals surface area contributed by atoms with E-state index >= 15 is 0 Å². The van der Waals surface area contributed by atoms with Gasteiger partial charge in [-0.1, -0.05) is 12.1 Å². The second kappa shape index (κ2) is 9.05. The summed E-state index contributed by atoms with van der Waals surface area (Å²) < 4.78 is 5.59. The number of carbonyl (C=O) groups excluding carboxylic acids is 1. The topological polar surface area (TPSA) is 51.2 Å². The first-order valence-electron chi connectivity index (χ1n) is 7.09. The maximum absolute atomic E-state index is 11.9. The summed E-state index contributed by atoms with van der Waals surface area (Å²) in [5, 5.41) is 2.90. The maximum atomic E-state index is 11.9. The Kier molecular flexibility index (Phi) is 7.40. The summed E-state index contributed by atoms with van der Waals surface area (Å²) in [5.41, 5.74) is 1.80. The molecule has 1 aromatic carbocycles. The SMILES string of the molecule is CC(C)Oc1ccc(CCNC(=O)c2ccncc2)cc1.Cl. The molecule has 0 unspecified atom stereocenters. The molecule has 2 aromatic rings. The highest BCUT2D eigenvalue weighted by Crippen LogP contribution is 2.13. The van der Waals surface area contributed by atoms with Crippen LogP contribution in [-0.4, -0.2) is 23.5 Å². The van der Waals surface area contributed by atoms with Crippen molar-refractivity contribution in [3.8, 4) is 5.75 Å². The third-order valence-electron chi connectivity index (χ3n) is 2.94. The van der Waals surface area contributed by atoms with Crippen molar-refractivity contribution in [2.24, 2.45) is 0 Å². The van der Waals surface area contributed by atoms with Crippen LogP contribution in [0.5, 0.6) is 5.75 Å². The predicted molar refractivity (Wildman–Crippen MR) is 89.7 cm³/mol. The van der Waals surface area contributed by atoms with Crippen LogP contribution in [0.3, 0.4) is 0 Å². The number of pyridine rings is 1. The van der Waals surface area contributed by atoms with Gasteiger partial charge in [0.25, 0.3) is 5.91 Å². The van der Waals surface area contributed by atoms with Crippen LogP contribution in [0.15, 0.2) is 48.8 Å². The number of nitrogens with one attached hydrogen (secondary N) is 1. The second-order valence-electron chi connectivity index (χ2n) is 5.05. The molecule has 0 atom stereocenters. The maximum Gasteiger partial charge on any atom is 0.251 e. The van der Waals surface area contributed by atoms with Crippen LogP contribution in [0.2, 0.25) is 0 Å². The molecule has 1 amide bonds. The van der Waals surface area contributed by atoms with E-state index in [1.807, 2.05) is 38.1 Å². The van der Waals surface area contributed by atoms with E-state index < -0.39 is 0 Å².